The van der Waals surface area contributed by atoms with Gasteiger partial charge in [0.05, 0.1) is 20.3 Å². The van der Waals surface area contributed by atoms with E-state index in [2.05, 4.69) is 33.5 Å². The molecule has 0 saturated carbocycles. The van der Waals surface area contributed by atoms with E-state index >= 15 is 0 Å². The van der Waals surface area contributed by atoms with Crippen LogP contribution in [0.25, 0.3) is 0 Å². The van der Waals surface area contributed by atoms with Gasteiger partial charge < -0.3 is 30.1 Å². The minimum Gasteiger partial charge on any atom is -0.493 e. The first kappa shape index (κ1) is 26.0. The van der Waals surface area contributed by atoms with Crippen LogP contribution in [-0.4, -0.2) is 62.0 Å². The summed E-state index contributed by atoms with van der Waals surface area (Å²) in [4.78, 5) is 11.5. The van der Waals surface area contributed by atoms with Gasteiger partial charge in [0.2, 0.25) is 0 Å². The Balaban J connectivity index is 0.00000363. The number of rotatable bonds is 9. The predicted molar refractivity (Wildman–Crippen MR) is 138 cm³/mol. The predicted octanol–water partition coefficient (Wildman–Crippen LogP) is 2.80. The van der Waals surface area contributed by atoms with E-state index in [0.717, 1.165) is 49.8 Å². The second-order valence-electron chi connectivity index (χ2n) is 7.35. The molecule has 0 radical (unpaired) electrons. The summed E-state index contributed by atoms with van der Waals surface area (Å²) in [5.74, 6) is 3.12. The molecule has 0 amide bonds. The van der Waals surface area contributed by atoms with Crippen LogP contribution in [0.5, 0.6) is 11.5 Å². The van der Waals surface area contributed by atoms with Gasteiger partial charge in [0.15, 0.2) is 17.5 Å². The van der Waals surface area contributed by atoms with Crippen LogP contribution < -0.4 is 25.0 Å². The summed E-state index contributed by atoms with van der Waals surface area (Å²) in [6, 6.07) is 12.2. The number of ether oxygens (including phenoxy) is 2. The highest BCUT2D eigenvalue weighted by molar-refractivity contribution is 14.0. The van der Waals surface area contributed by atoms with Crippen LogP contribution in [-0.2, 0) is 6.54 Å². The number of aliphatic hydroxyl groups is 1. The number of nitrogens with zero attached hydrogens (tertiary/aromatic N) is 3. The number of pyridine rings is 1. The Morgan fingerprint density at radius 1 is 1.22 bits per heavy atom. The lowest BCUT2D eigenvalue weighted by Gasteiger charge is -2.33. The first-order valence-electron chi connectivity index (χ1n) is 10.8. The van der Waals surface area contributed by atoms with Crippen LogP contribution in [0.1, 0.15) is 25.3 Å². The van der Waals surface area contributed by atoms with Crippen LogP contribution in [0.4, 0.5) is 5.82 Å². The standard InChI is InChI=1S/C23H33N5O3.HI/c1-3-24-23(26-17-18-7-8-20(31-15-14-29)21(16-18)30-2)27-19-9-12-28(13-10-19)22-6-4-5-11-25-22;/h4-8,11,16,19,29H,3,9-10,12-15,17H2,1-2H3,(H2,24,26,27);1H. The van der Waals surface area contributed by atoms with Gasteiger partial charge in [-0.15, -0.1) is 24.0 Å². The number of methoxy groups -OCH3 is 1. The highest BCUT2D eigenvalue weighted by Gasteiger charge is 2.20. The van der Waals surface area contributed by atoms with Crippen molar-refractivity contribution in [2.45, 2.75) is 32.4 Å². The first-order valence-corrected chi connectivity index (χ1v) is 10.8. The number of hydrogen-bond acceptors (Lipinski definition) is 6. The van der Waals surface area contributed by atoms with Crippen LogP contribution in [0, 0.1) is 0 Å². The number of guanidine groups is 1. The maximum absolute atomic E-state index is 8.95. The Bertz CT molecular complexity index is 830. The van der Waals surface area contributed by atoms with Gasteiger partial charge in [-0.05, 0) is 49.6 Å². The molecular weight excluding hydrogens is 521 g/mol. The number of nitrogens with one attached hydrogen (secondary N) is 2. The summed E-state index contributed by atoms with van der Waals surface area (Å²) < 4.78 is 10.9. The molecule has 1 aliphatic rings. The van der Waals surface area contributed by atoms with Crippen molar-refractivity contribution in [1.29, 1.82) is 0 Å². The second kappa shape index (κ2) is 14.0. The summed E-state index contributed by atoms with van der Waals surface area (Å²) in [7, 11) is 1.61. The lowest BCUT2D eigenvalue weighted by Crippen LogP contribution is -2.48. The monoisotopic (exact) mass is 555 g/mol. The average molecular weight is 555 g/mol. The smallest absolute Gasteiger partial charge is 0.191 e. The fourth-order valence-electron chi connectivity index (χ4n) is 3.56. The summed E-state index contributed by atoms with van der Waals surface area (Å²) in [5.41, 5.74) is 1.02. The average Bonchev–Trinajstić information content (AvgIpc) is 2.82. The summed E-state index contributed by atoms with van der Waals surface area (Å²) in [5, 5.41) is 15.9. The van der Waals surface area contributed by atoms with Gasteiger partial charge in [-0.25, -0.2) is 9.98 Å². The molecule has 1 saturated heterocycles. The van der Waals surface area contributed by atoms with Gasteiger partial charge in [0.25, 0.3) is 0 Å². The fourth-order valence-corrected chi connectivity index (χ4v) is 3.56. The Morgan fingerprint density at radius 2 is 2.03 bits per heavy atom. The first-order chi connectivity index (χ1) is 15.2. The molecule has 8 nitrogen and oxygen atoms in total. The summed E-state index contributed by atoms with van der Waals surface area (Å²) >= 11 is 0. The van der Waals surface area contributed by atoms with Crippen LogP contribution >= 0.6 is 24.0 Å². The Morgan fingerprint density at radius 3 is 2.69 bits per heavy atom. The van der Waals surface area contributed by atoms with Gasteiger partial charge in [-0.1, -0.05) is 12.1 Å². The number of benzene rings is 1. The number of aliphatic hydroxyl groups excluding tert-OH is 1. The van der Waals surface area contributed by atoms with E-state index in [1.54, 1.807) is 7.11 Å². The number of piperidine rings is 1. The molecule has 0 atom stereocenters. The molecule has 2 aromatic rings. The Labute approximate surface area is 207 Å². The van der Waals surface area contributed by atoms with Crippen LogP contribution in [0.3, 0.4) is 0 Å². The molecule has 9 heteroatoms. The van der Waals surface area contributed by atoms with Crippen LogP contribution in [0.15, 0.2) is 47.6 Å². The largest absolute Gasteiger partial charge is 0.493 e. The van der Waals surface area contributed by atoms with Gasteiger partial charge in [-0.3, -0.25) is 0 Å². The van der Waals surface area contributed by atoms with Gasteiger partial charge in [0, 0.05) is 31.9 Å². The van der Waals surface area contributed by atoms with Crippen molar-refractivity contribution in [3.8, 4) is 11.5 Å². The third-order valence-electron chi connectivity index (χ3n) is 5.15. The number of halogens is 1. The highest BCUT2D eigenvalue weighted by Crippen LogP contribution is 2.28. The number of hydrogen-bond donors (Lipinski definition) is 3. The summed E-state index contributed by atoms with van der Waals surface area (Å²) in [6.07, 6.45) is 3.91. The van der Waals surface area contributed by atoms with Crippen molar-refractivity contribution in [3.63, 3.8) is 0 Å². The van der Waals surface area contributed by atoms with E-state index in [1.165, 1.54) is 0 Å². The van der Waals surface area contributed by atoms with Crippen molar-refractivity contribution in [2.24, 2.45) is 4.99 Å². The zero-order valence-electron chi connectivity index (χ0n) is 18.8. The fraction of sp³-hybridized carbons (Fsp3) is 0.478. The van der Waals surface area contributed by atoms with Crippen molar-refractivity contribution >= 4 is 35.8 Å². The van der Waals surface area contributed by atoms with Crippen molar-refractivity contribution in [3.05, 3.63) is 48.2 Å². The lowest BCUT2D eigenvalue weighted by molar-refractivity contribution is 0.196. The van der Waals surface area contributed by atoms with E-state index < -0.39 is 0 Å². The van der Waals surface area contributed by atoms with Gasteiger partial charge >= 0.3 is 0 Å². The zero-order valence-corrected chi connectivity index (χ0v) is 21.1. The summed E-state index contributed by atoms with van der Waals surface area (Å²) in [6.45, 7) is 5.54. The van der Waals surface area contributed by atoms with E-state index in [-0.39, 0.29) is 37.2 Å². The molecular formula is C23H34IN5O3. The lowest BCUT2D eigenvalue weighted by atomic mass is 10.1. The van der Waals surface area contributed by atoms with E-state index in [0.29, 0.717) is 24.1 Å². The molecule has 1 aromatic heterocycles. The Hall–Kier alpha value is -2.27. The molecule has 1 aliphatic heterocycles. The molecule has 3 N–H and O–H groups in total. The maximum Gasteiger partial charge on any atom is 0.191 e. The molecule has 1 aromatic carbocycles. The zero-order chi connectivity index (χ0) is 21.9. The topological polar surface area (TPSA) is 91.2 Å². The normalized spacial score (nSPS) is 14.5. The van der Waals surface area contributed by atoms with Crippen molar-refractivity contribution < 1.29 is 14.6 Å². The molecule has 1 fully saturated rings. The Kier molecular flexibility index (Phi) is 11.4. The molecule has 0 spiro atoms. The molecule has 32 heavy (non-hydrogen) atoms. The number of anilines is 1. The third kappa shape index (κ3) is 7.70. The molecule has 0 bridgehead atoms. The van der Waals surface area contributed by atoms with Gasteiger partial charge in [-0.2, -0.15) is 0 Å². The SMILES string of the molecule is CCNC(=NCc1ccc(OCCO)c(OC)c1)NC1CCN(c2ccccn2)CC1.I. The molecule has 0 aliphatic carbocycles. The van der Waals surface area contributed by atoms with E-state index in [9.17, 15) is 0 Å². The highest BCUT2D eigenvalue weighted by atomic mass is 127. The van der Waals surface area contributed by atoms with Crippen LogP contribution in [0.2, 0.25) is 0 Å². The molecule has 176 valence electrons. The van der Waals surface area contributed by atoms with Crippen molar-refractivity contribution in [1.82, 2.24) is 15.6 Å². The second-order valence-corrected chi connectivity index (χ2v) is 7.35. The quantitative estimate of drug-likeness (QED) is 0.249. The third-order valence-corrected chi connectivity index (χ3v) is 5.15. The minimum atomic E-state index is -0.0340. The number of aromatic nitrogens is 1. The molecule has 2 heterocycles. The minimum absolute atomic E-state index is 0. The number of aliphatic imine (C=N–C) groups is 1. The van der Waals surface area contributed by atoms with E-state index in [1.807, 2.05) is 36.5 Å². The van der Waals surface area contributed by atoms with Gasteiger partial charge in [0.1, 0.15) is 12.4 Å². The molecule has 0 unspecified atom stereocenters. The van der Waals surface area contributed by atoms with E-state index in [4.69, 9.17) is 19.6 Å². The maximum atomic E-state index is 8.95. The molecule has 3 rings (SSSR count). The van der Waals surface area contributed by atoms with Crippen molar-refractivity contribution in [2.75, 3.05) is 44.9 Å².